The Kier molecular flexibility index (Phi) is 5.47. The van der Waals surface area contributed by atoms with Gasteiger partial charge in [-0.1, -0.05) is 6.07 Å². The molecule has 10 heteroatoms. The summed E-state index contributed by atoms with van der Waals surface area (Å²) in [5.74, 6) is -0.435. The first-order valence-corrected chi connectivity index (χ1v) is 8.56. The highest BCUT2D eigenvalue weighted by Gasteiger charge is 2.23. The summed E-state index contributed by atoms with van der Waals surface area (Å²) < 4.78 is 6.56. The van der Waals surface area contributed by atoms with Crippen molar-refractivity contribution in [3.8, 4) is 11.9 Å². The van der Waals surface area contributed by atoms with Gasteiger partial charge in [-0.25, -0.2) is 0 Å². The number of nitro groups is 1. The number of azo groups is 1. The molecule has 1 aromatic heterocycles. The molecule has 2 heterocycles. The second-order valence-electron chi connectivity index (χ2n) is 6.31. The van der Waals surface area contributed by atoms with Crippen LogP contribution >= 0.6 is 0 Å². The van der Waals surface area contributed by atoms with E-state index in [1.807, 2.05) is 6.07 Å². The molecule has 10 nitrogen and oxygen atoms in total. The van der Waals surface area contributed by atoms with E-state index in [0.29, 0.717) is 6.61 Å². The van der Waals surface area contributed by atoms with Crippen LogP contribution in [0.25, 0.3) is 0 Å². The molecule has 1 saturated heterocycles. The first-order chi connectivity index (χ1) is 13.4. The molecular formula is C18H17N5O5. The van der Waals surface area contributed by atoms with Gasteiger partial charge in [0, 0.05) is 24.3 Å². The molecule has 3 rings (SSSR count). The van der Waals surface area contributed by atoms with Gasteiger partial charge in [-0.2, -0.15) is 10.4 Å². The van der Waals surface area contributed by atoms with Gasteiger partial charge in [-0.05, 0) is 25.8 Å². The van der Waals surface area contributed by atoms with E-state index >= 15 is 0 Å². The maximum Gasteiger partial charge on any atom is 0.281 e. The van der Waals surface area contributed by atoms with Crippen LogP contribution in [0.1, 0.15) is 24.0 Å². The summed E-state index contributed by atoms with van der Waals surface area (Å²) in [6.07, 6.45) is 1.36. The molecule has 1 unspecified atom stereocenters. The number of hydrogen-bond acceptors (Lipinski definition) is 8. The Morgan fingerprint density at radius 1 is 1.46 bits per heavy atom. The Bertz CT molecular complexity index is 1050. The zero-order valence-corrected chi connectivity index (χ0v) is 15.0. The molecule has 0 radical (unpaired) electrons. The van der Waals surface area contributed by atoms with Crippen LogP contribution in [0.4, 0.5) is 17.1 Å². The maximum atomic E-state index is 12.8. The maximum absolute atomic E-state index is 12.8. The van der Waals surface area contributed by atoms with Crippen LogP contribution in [0, 0.1) is 28.4 Å². The van der Waals surface area contributed by atoms with Crippen molar-refractivity contribution in [1.82, 2.24) is 4.57 Å². The standard InChI is InChI=1S/C18H17N5O5/c1-11-15(9-19)17(24)22(10-14-6-3-7-28-14)18(25)16(11)21-20-12-4-2-5-13(8-12)23(26)27/h2,4-5,8,14,24H,3,6-7,10H2,1H3. The fourth-order valence-electron chi connectivity index (χ4n) is 2.99. The number of ether oxygens (including phenoxy) is 1. The monoisotopic (exact) mass is 383 g/mol. The van der Waals surface area contributed by atoms with Crippen LogP contribution in [0.3, 0.4) is 0 Å². The number of benzene rings is 1. The average molecular weight is 383 g/mol. The third kappa shape index (κ3) is 3.74. The molecule has 1 atom stereocenters. The first kappa shape index (κ1) is 19.2. The molecule has 1 aromatic carbocycles. The highest BCUT2D eigenvalue weighted by molar-refractivity contribution is 5.57. The number of pyridine rings is 1. The topological polar surface area (TPSA) is 143 Å². The van der Waals surface area contributed by atoms with E-state index in [9.17, 15) is 25.3 Å². The molecule has 0 spiro atoms. The zero-order chi connectivity index (χ0) is 20.3. The van der Waals surface area contributed by atoms with Gasteiger partial charge < -0.3 is 9.84 Å². The Morgan fingerprint density at radius 2 is 2.25 bits per heavy atom. The first-order valence-electron chi connectivity index (χ1n) is 8.56. The summed E-state index contributed by atoms with van der Waals surface area (Å²) in [6, 6.07) is 7.36. The van der Waals surface area contributed by atoms with Crippen molar-refractivity contribution in [3.63, 3.8) is 0 Å². The molecule has 0 aliphatic carbocycles. The smallest absolute Gasteiger partial charge is 0.281 e. The number of hydrogen-bond donors (Lipinski definition) is 1. The molecule has 1 aliphatic heterocycles. The number of rotatable bonds is 5. The number of non-ortho nitro benzene ring substituents is 1. The summed E-state index contributed by atoms with van der Waals surface area (Å²) in [5, 5.41) is 38.4. The predicted octanol–water partition coefficient (Wildman–Crippen LogP) is 3.24. The van der Waals surface area contributed by atoms with Gasteiger partial charge in [0.25, 0.3) is 11.2 Å². The molecule has 2 aromatic rings. The van der Waals surface area contributed by atoms with E-state index in [1.165, 1.54) is 31.2 Å². The Morgan fingerprint density at radius 3 is 2.89 bits per heavy atom. The third-order valence-corrected chi connectivity index (χ3v) is 4.49. The van der Waals surface area contributed by atoms with Crippen molar-refractivity contribution < 1.29 is 14.8 Å². The van der Waals surface area contributed by atoms with E-state index in [0.717, 1.165) is 17.4 Å². The van der Waals surface area contributed by atoms with E-state index < -0.39 is 16.4 Å². The number of aromatic hydroxyl groups is 1. The Hall–Kier alpha value is -3.58. The minimum Gasteiger partial charge on any atom is -0.493 e. The molecule has 144 valence electrons. The normalized spacial score (nSPS) is 16.4. The van der Waals surface area contributed by atoms with Crippen LogP contribution < -0.4 is 5.56 Å². The van der Waals surface area contributed by atoms with Gasteiger partial charge in [0.1, 0.15) is 11.6 Å². The molecule has 1 fully saturated rings. The minimum absolute atomic E-state index is 0.0782. The van der Waals surface area contributed by atoms with Crippen molar-refractivity contribution in [2.75, 3.05) is 6.61 Å². The summed E-state index contributed by atoms with van der Waals surface area (Å²) in [5.41, 5.74) is -0.594. The van der Waals surface area contributed by atoms with Crippen LogP contribution in [0.5, 0.6) is 5.88 Å². The number of nitriles is 1. The van der Waals surface area contributed by atoms with E-state index in [-0.39, 0.29) is 40.8 Å². The van der Waals surface area contributed by atoms with Crippen molar-refractivity contribution in [1.29, 1.82) is 5.26 Å². The van der Waals surface area contributed by atoms with Crippen LogP contribution in [0.15, 0.2) is 39.3 Å². The molecular weight excluding hydrogens is 366 g/mol. The molecule has 0 bridgehead atoms. The summed E-state index contributed by atoms with van der Waals surface area (Å²) in [6.45, 7) is 2.16. The summed E-state index contributed by atoms with van der Waals surface area (Å²) >= 11 is 0. The van der Waals surface area contributed by atoms with E-state index in [2.05, 4.69) is 10.2 Å². The third-order valence-electron chi connectivity index (χ3n) is 4.49. The van der Waals surface area contributed by atoms with Gasteiger partial charge in [0.05, 0.1) is 23.3 Å². The van der Waals surface area contributed by atoms with Gasteiger partial charge in [-0.15, -0.1) is 5.11 Å². The van der Waals surface area contributed by atoms with Gasteiger partial charge in [0.15, 0.2) is 5.69 Å². The molecule has 1 aliphatic rings. The van der Waals surface area contributed by atoms with E-state index in [4.69, 9.17) is 4.74 Å². The lowest BCUT2D eigenvalue weighted by atomic mass is 10.1. The molecule has 0 amide bonds. The Labute approximate surface area is 159 Å². The van der Waals surface area contributed by atoms with Crippen LogP contribution in [-0.2, 0) is 11.3 Å². The van der Waals surface area contributed by atoms with Gasteiger partial charge in [-0.3, -0.25) is 19.5 Å². The van der Waals surface area contributed by atoms with Crippen LogP contribution in [0.2, 0.25) is 0 Å². The fraction of sp³-hybridized carbons (Fsp3) is 0.333. The lowest BCUT2D eigenvalue weighted by molar-refractivity contribution is -0.384. The van der Waals surface area contributed by atoms with Gasteiger partial charge >= 0.3 is 0 Å². The molecule has 1 N–H and O–H groups in total. The second-order valence-corrected chi connectivity index (χ2v) is 6.31. The Balaban J connectivity index is 2.04. The van der Waals surface area contributed by atoms with Crippen molar-refractivity contribution in [2.24, 2.45) is 10.2 Å². The quantitative estimate of drug-likeness (QED) is 0.477. The van der Waals surface area contributed by atoms with Gasteiger partial charge in [0.2, 0.25) is 5.88 Å². The summed E-state index contributed by atoms with van der Waals surface area (Å²) in [4.78, 5) is 23.1. The largest absolute Gasteiger partial charge is 0.493 e. The highest BCUT2D eigenvalue weighted by Crippen LogP contribution is 2.28. The number of nitrogens with zero attached hydrogens (tertiary/aromatic N) is 5. The second kappa shape index (κ2) is 7.98. The minimum atomic E-state index is -0.612. The summed E-state index contributed by atoms with van der Waals surface area (Å²) in [7, 11) is 0. The van der Waals surface area contributed by atoms with Crippen molar-refractivity contribution in [3.05, 3.63) is 55.9 Å². The van der Waals surface area contributed by atoms with E-state index in [1.54, 1.807) is 0 Å². The number of nitro benzene ring substituents is 1. The molecule has 28 heavy (non-hydrogen) atoms. The van der Waals surface area contributed by atoms with Crippen molar-refractivity contribution >= 4 is 17.1 Å². The zero-order valence-electron chi connectivity index (χ0n) is 15.0. The van der Waals surface area contributed by atoms with Crippen LogP contribution in [-0.4, -0.2) is 27.3 Å². The lowest BCUT2D eigenvalue weighted by Crippen LogP contribution is -2.27. The SMILES string of the molecule is Cc1c(C#N)c(O)n(CC2CCCO2)c(=O)c1N=Nc1cccc([N+](=O)[O-])c1. The lowest BCUT2D eigenvalue weighted by Gasteiger charge is -2.16. The van der Waals surface area contributed by atoms with Crippen molar-refractivity contribution in [2.45, 2.75) is 32.4 Å². The average Bonchev–Trinajstić information content (AvgIpc) is 3.19. The fourth-order valence-corrected chi connectivity index (χ4v) is 2.99. The molecule has 0 saturated carbocycles. The predicted molar refractivity (Wildman–Crippen MR) is 98.1 cm³/mol. The highest BCUT2D eigenvalue weighted by atomic mass is 16.6. The number of aromatic nitrogens is 1.